The lowest BCUT2D eigenvalue weighted by Crippen LogP contribution is -2.45. The van der Waals surface area contributed by atoms with E-state index in [1.165, 1.54) is 36.1 Å². The van der Waals surface area contributed by atoms with Gasteiger partial charge in [-0.3, -0.25) is 4.90 Å². The van der Waals surface area contributed by atoms with E-state index < -0.39 is 0 Å². The van der Waals surface area contributed by atoms with Crippen LogP contribution >= 0.6 is 0 Å². The van der Waals surface area contributed by atoms with Crippen LogP contribution in [0.2, 0.25) is 0 Å². The molecule has 1 aliphatic heterocycles. The Labute approximate surface area is 165 Å². The van der Waals surface area contributed by atoms with E-state index in [0.717, 1.165) is 48.9 Å². The Kier molecular flexibility index (Phi) is 4.27. The normalized spacial score (nSPS) is 21.9. The molecule has 0 radical (unpaired) electrons. The Morgan fingerprint density at radius 2 is 2.00 bits per heavy atom. The van der Waals surface area contributed by atoms with E-state index in [2.05, 4.69) is 33.4 Å². The predicted octanol–water partition coefficient (Wildman–Crippen LogP) is 4.23. The van der Waals surface area contributed by atoms with Crippen molar-refractivity contribution in [1.82, 2.24) is 20.0 Å². The van der Waals surface area contributed by atoms with Crippen molar-refractivity contribution in [3.63, 3.8) is 0 Å². The maximum absolute atomic E-state index is 5.38. The van der Waals surface area contributed by atoms with Crippen molar-refractivity contribution in [3.8, 4) is 11.4 Å². The lowest BCUT2D eigenvalue weighted by atomic mass is 9.77. The summed E-state index contributed by atoms with van der Waals surface area (Å²) in [6.45, 7) is 7.14. The first kappa shape index (κ1) is 17.6. The molecular weight excluding hydrogens is 348 g/mol. The lowest BCUT2D eigenvalue weighted by molar-refractivity contribution is 0.136. The number of piperidine rings is 1. The summed E-state index contributed by atoms with van der Waals surface area (Å²) in [7, 11) is 0. The molecule has 0 saturated carbocycles. The van der Waals surface area contributed by atoms with E-state index in [4.69, 9.17) is 9.51 Å². The van der Waals surface area contributed by atoms with E-state index in [1.54, 1.807) is 0 Å². The molecule has 1 atom stereocenters. The molecule has 1 spiro atoms. The number of nitrogens with zero attached hydrogens (tertiary/aromatic N) is 4. The van der Waals surface area contributed by atoms with Gasteiger partial charge < -0.3 is 4.52 Å². The highest BCUT2D eigenvalue weighted by molar-refractivity contribution is 5.55. The molecule has 28 heavy (non-hydrogen) atoms. The second-order valence-corrected chi connectivity index (χ2v) is 8.33. The molecule has 5 heteroatoms. The Morgan fingerprint density at radius 1 is 1.14 bits per heavy atom. The van der Waals surface area contributed by atoms with Gasteiger partial charge in [-0.2, -0.15) is 0 Å². The Bertz CT molecular complexity index is 974. The minimum absolute atomic E-state index is 0.152. The maximum Gasteiger partial charge on any atom is 0.159 e. The fraction of sp³-hybridized carbons (Fsp3) is 0.435. The van der Waals surface area contributed by atoms with Crippen LogP contribution in [-0.4, -0.2) is 33.1 Å². The van der Waals surface area contributed by atoms with Crippen molar-refractivity contribution >= 4 is 0 Å². The van der Waals surface area contributed by atoms with Crippen LogP contribution < -0.4 is 0 Å². The standard InChI is InChI=1S/C23H26N4O/c1-16-20(17(2)28-26-16)14-27-12-6-10-23(15-27)11-9-19-13-24-22(25-21(19)23)18-7-4-3-5-8-18/h3-5,7-8,13H,6,9-12,14-15H2,1-2H3. The van der Waals surface area contributed by atoms with Gasteiger partial charge in [0.05, 0.1) is 11.4 Å². The number of hydrogen-bond acceptors (Lipinski definition) is 5. The topological polar surface area (TPSA) is 55.1 Å². The first-order chi connectivity index (χ1) is 13.6. The molecule has 3 heterocycles. The van der Waals surface area contributed by atoms with E-state index in [-0.39, 0.29) is 5.41 Å². The monoisotopic (exact) mass is 374 g/mol. The number of benzene rings is 1. The van der Waals surface area contributed by atoms with Crippen molar-refractivity contribution in [1.29, 1.82) is 0 Å². The fourth-order valence-electron chi connectivity index (χ4n) is 4.98. The highest BCUT2D eigenvalue weighted by Gasteiger charge is 2.43. The van der Waals surface area contributed by atoms with Crippen LogP contribution in [0.4, 0.5) is 0 Å². The number of likely N-dealkylation sites (tertiary alicyclic amines) is 1. The van der Waals surface area contributed by atoms with Gasteiger partial charge in [-0.1, -0.05) is 35.5 Å². The molecule has 2 aromatic heterocycles. The molecule has 2 aliphatic rings. The summed E-state index contributed by atoms with van der Waals surface area (Å²) in [5.74, 6) is 1.79. The number of aryl methyl sites for hydroxylation is 3. The van der Waals surface area contributed by atoms with Crippen LogP contribution in [0.5, 0.6) is 0 Å². The smallest absolute Gasteiger partial charge is 0.159 e. The summed E-state index contributed by atoms with van der Waals surface area (Å²) in [6, 6.07) is 10.3. The Balaban J connectivity index is 1.45. The first-order valence-electron chi connectivity index (χ1n) is 10.2. The molecule has 144 valence electrons. The van der Waals surface area contributed by atoms with Crippen LogP contribution in [-0.2, 0) is 18.4 Å². The zero-order chi connectivity index (χ0) is 19.1. The zero-order valence-corrected chi connectivity index (χ0v) is 16.6. The molecule has 1 aromatic carbocycles. The second-order valence-electron chi connectivity index (χ2n) is 8.33. The van der Waals surface area contributed by atoms with E-state index >= 15 is 0 Å². The summed E-state index contributed by atoms with van der Waals surface area (Å²) in [5.41, 5.74) is 6.11. The first-order valence-corrected chi connectivity index (χ1v) is 10.2. The van der Waals surface area contributed by atoms with Crippen LogP contribution in [0.25, 0.3) is 11.4 Å². The van der Waals surface area contributed by atoms with E-state index in [0.29, 0.717) is 0 Å². The zero-order valence-electron chi connectivity index (χ0n) is 16.6. The molecule has 0 amide bonds. The van der Waals surface area contributed by atoms with Crippen molar-refractivity contribution < 1.29 is 4.52 Å². The number of rotatable bonds is 3. The third-order valence-electron chi connectivity index (χ3n) is 6.49. The van der Waals surface area contributed by atoms with Gasteiger partial charge in [0, 0.05) is 35.8 Å². The van der Waals surface area contributed by atoms with Crippen molar-refractivity contribution in [2.75, 3.05) is 13.1 Å². The largest absolute Gasteiger partial charge is 0.361 e. The molecule has 3 aromatic rings. The van der Waals surface area contributed by atoms with Crippen LogP contribution in [0.15, 0.2) is 41.1 Å². The van der Waals surface area contributed by atoms with Gasteiger partial charge in [0.1, 0.15) is 5.76 Å². The summed E-state index contributed by atoms with van der Waals surface area (Å²) in [6.07, 6.45) is 6.74. The average Bonchev–Trinajstić information content (AvgIpc) is 3.23. The summed E-state index contributed by atoms with van der Waals surface area (Å²) in [5, 5.41) is 4.13. The SMILES string of the molecule is Cc1noc(C)c1CN1CCCC2(CCc3cnc(-c4ccccc4)nc32)C1. The van der Waals surface area contributed by atoms with Crippen molar-refractivity contribution in [3.05, 3.63) is 64.8 Å². The van der Waals surface area contributed by atoms with E-state index in [9.17, 15) is 0 Å². The van der Waals surface area contributed by atoms with Gasteiger partial charge in [0.2, 0.25) is 0 Å². The number of aromatic nitrogens is 3. The summed E-state index contributed by atoms with van der Waals surface area (Å²) in [4.78, 5) is 12.3. The fourth-order valence-corrected chi connectivity index (χ4v) is 4.98. The average molecular weight is 374 g/mol. The molecule has 1 unspecified atom stereocenters. The van der Waals surface area contributed by atoms with Crippen LogP contribution in [0, 0.1) is 13.8 Å². The van der Waals surface area contributed by atoms with Crippen LogP contribution in [0.3, 0.4) is 0 Å². The van der Waals surface area contributed by atoms with Gasteiger partial charge in [-0.05, 0) is 51.6 Å². The third-order valence-corrected chi connectivity index (χ3v) is 6.49. The van der Waals surface area contributed by atoms with Crippen molar-refractivity contribution in [2.45, 2.75) is 51.5 Å². The molecule has 1 saturated heterocycles. The minimum Gasteiger partial charge on any atom is -0.361 e. The molecule has 0 N–H and O–H groups in total. The van der Waals surface area contributed by atoms with Gasteiger partial charge in [-0.15, -0.1) is 0 Å². The van der Waals surface area contributed by atoms with Gasteiger partial charge >= 0.3 is 0 Å². The molecule has 5 nitrogen and oxygen atoms in total. The number of hydrogen-bond donors (Lipinski definition) is 0. The van der Waals surface area contributed by atoms with Gasteiger partial charge in [0.25, 0.3) is 0 Å². The maximum atomic E-state index is 5.38. The third kappa shape index (κ3) is 2.94. The highest BCUT2D eigenvalue weighted by atomic mass is 16.5. The number of fused-ring (bicyclic) bond motifs is 2. The summed E-state index contributed by atoms with van der Waals surface area (Å²) >= 11 is 0. The molecule has 5 rings (SSSR count). The molecule has 0 bridgehead atoms. The second kappa shape index (κ2) is 6.82. The van der Waals surface area contributed by atoms with E-state index in [1.807, 2.05) is 32.0 Å². The lowest BCUT2D eigenvalue weighted by Gasteiger charge is -2.40. The van der Waals surface area contributed by atoms with Gasteiger partial charge in [0.15, 0.2) is 5.82 Å². The Morgan fingerprint density at radius 3 is 2.79 bits per heavy atom. The summed E-state index contributed by atoms with van der Waals surface area (Å²) < 4.78 is 5.38. The van der Waals surface area contributed by atoms with Crippen molar-refractivity contribution in [2.24, 2.45) is 0 Å². The quantitative estimate of drug-likeness (QED) is 0.687. The predicted molar refractivity (Wildman–Crippen MR) is 108 cm³/mol. The molecule has 1 fully saturated rings. The molecule has 1 aliphatic carbocycles. The minimum atomic E-state index is 0.152. The van der Waals surface area contributed by atoms with Gasteiger partial charge in [-0.25, -0.2) is 9.97 Å². The highest BCUT2D eigenvalue weighted by Crippen LogP contribution is 2.44. The molecular formula is C23H26N4O. The van der Waals surface area contributed by atoms with Crippen LogP contribution in [0.1, 0.15) is 47.5 Å². The Hall–Kier alpha value is -2.53.